The van der Waals surface area contributed by atoms with Crippen molar-refractivity contribution in [2.75, 3.05) is 31.3 Å². The Balaban J connectivity index is 1.87. The van der Waals surface area contributed by atoms with E-state index in [0.717, 1.165) is 18.7 Å². The molecule has 2 rings (SSSR count). The molecular formula is C11H18ClNO2S. The van der Waals surface area contributed by atoms with Gasteiger partial charge in [0.25, 0.3) is 0 Å². The first-order valence-corrected chi connectivity index (χ1v) is 7.47. The van der Waals surface area contributed by atoms with Crippen LogP contribution >= 0.6 is 23.4 Å². The summed E-state index contributed by atoms with van der Waals surface area (Å²) < 4.78 is 5.46. The lowest BCUT2D eigenvalue weighted by molar-refractivity contribution is -0.137. The van der Waals surface area contributed by atoms with Gasteiger partial charge < -0.3 is 9.64 Å². The Bertz CT molecular complexity index is 246. The summed E-state index contributed by atoms with van der Waals surface area (Å²) in [7, 11) is 0. The van der Waals surface area contributed by atoms with Gasteiger partial charge in [0.15, 0.2) is 0 Å². The second-order valence-electron chi connectivity index (χ2n) is 4.29. The summed E-state index contributed by atoms with van der Waals surface area (Å²) in [6, 6.07) is 0. The van der Waals surface area contributed by atoms with Crippen LogP contribution in [0.4, 0.5) is 0 Å². The number of carbonyl (C=O) groups is 1. The monoisotopic (exact) mass is 263 g/mol. The van der Waals surface area contributed by atoms with Crippen LogP contribution < -0.4 is 0 Å². The van der Waals surface area contributed by atoms with E-state index < -0.39 is 0 Å². The van der Waals surface area contributed by atoms with E-state index in [1.54, 1.807) is 0 Å². The van der Waals surface area contributed by atoms with Crippen molar-refractivity contribution < 1.29 is 9.53 Å². The smallest absolute Gasteiger partial charge is 0.235 e. The SMILES string of the molecule is O=C(C1CCCCS1)N1CCOC(CCl)C1. The van der Waals surface area contributed by atoms with Crippen LogP contribution in [-0.2, 0) is 9.53 Å². The number of halogens is 1. The summed E-state index contributed by atoms with van der Waals surface area (Å²) in [6.07, 6.45) is 3.49. The fourth-order valence-corrected chi connectivity index (χ4v) is 3.62. The number of hydrogen-bond acceptors (Lipinski definition) is 3. The summed E-state index contributed by atoms with van der Waals surface area (Å²) in [5, 5.41) is 0.183. The van der Waals surface area contributed by atoms with E-state index in [1.165, 1.54) is 12.8 Å². The molecule has 2 heterocycles. The van der Waals surface area contributed by atoms with Crippen LogP contribution in [0, 0.1) is 0 Å². The normalized spacial score (nSPS) is 31.4. The van der Waals surface area contributed by atoms with E-state index in [-0.39, 0.29) is 11.4 Å². The Morgan fingerprint density at radius 2 is 2.38 bits per heavy atom. The number of ether oxygens (including phenoxy) is 1. The molecule has 0 bridgehead atoms. The van der Waals surface area contributed by atoms with Gasteiger partial charge in [-0.1, -0.05) is 6.42 Å². The molecule has 0 N–H and O–H groups in total. The highest BCUT2D eigenvalue weighted by atomic mass is 35.5. The van der Waals surface area contributed by atoms with Crippen molar-refractivity contribution in [3.63, 3.8) is 0 Å². The summed E-state index contributed by atoms with van der Waals surface area (Å²) in [5.41, 5.74) is 0. The molecule has 0 spiro atoms. The van der Waals surface area contributed by atoms with Gasteiger partial charge in [-0.15, -0.1) is 23.4 Å². The average molecular weight is 264 g/mol. The van der Waals surface area contributed by atoms with Gasteiger partial charge in [-0.25, -0.2) is 0 Å². The maximum Gasteiger partial charge on any atom is 0.235 e. The maximum absolute atomic E-state index is 12.2. The molecule has 0 radical (unpaired) electrons. The van der Waals surface area contributed by atoms with Crippen LogP contribution in [0.15, 0.2) is 0 Å². The van der Waals surface area contributed by atoms with E-state index in [1.807, 2.05) is 16.7 Å². The molecule has 2 atom stereocenters. The molecule has 92 valence electrons. The third-order valence-electron chi connectivity index (χ3n) is 3.08. The molecule has 16 heavy (non-hydrogen) atoms. The van der Waals surface area contributed by atoms with Crippen molar-refractivity contribution in [2.24, 2.45) is 0 Å². The molecular weight excluding hydrogens is 246 g/mol. The number of amides is 1. The van der Waals surface area contributed by atoms with Crippen LogP contribution in [0.5, 0.6) is 0 Å². The first kappa shape index (κ1) is 12.5. The largest absolute Gasteiger partial charge is 0.373 e. The molecule has 2 aliphatic heterocycles. The lowest BCUT2D eigenvalue weighted by Crippen LogP contribution is -2.49. The lowest BCUT2D eigenvalue weighted by atomic mass is 10.1. The number of morpholine rings is 1. The fourth-order valence-electron chi connectivity index (χ4n) is 2.15. The van der Waals surface area contributed by atoms with Crippen molar-refractivity contribution in [3.05, 3.63) is 0 Å². The quantitative estimate of drug-likeness (QED) is 0.711. The fraction of sp³-hybridized carbons (Fsp3) is 0.909. The molecule has 5 heteroatoms. The Morgan fingerprint density at radius 3 is 3.06 bits per heavy atom. The number of thioether (sulfide) groups is 1. The van der Waals surface area contributed by atoms with Gasteiger partial charge in [0.2, 0.25) is 5.91 Å². The Kier molecular flexibility index (Phi) is 4.79. The first-order valence-electron chi connectivity index (χ1n) is 5.89. The first-order chi connectivity index (χ1) is 7.81. The number of hydrogen-bond donors (Lipinski definition) is 0. The topological polar surface area (TPSA) is 29.5 Å². The predicted molar refractivity (Wildman–Crippen MR) is 67.1 cm³/mol. The molecule has 0 aromatic rings. The zero-order valence-corrected chi connectivity index (χ0v) is 10.9. The number of rotatable bonds is 2. The minimum atomic E-state index is 0.0213. The lowest BCUT2D eigenvalue weighted by Gasteiger charge is -2.35. The van der Waals surface area contributed by atoms with Gasteiger partial charge >= 0.3 is 0 Å². The summed E-state index contributed by atoms with van der Waals surface area (Å²) in [6.45, 7) is 2.02. The maximum atomic E-state index is 12.2. The van der Waals surface area contributed by atoms with Crippen molar-refractivity contribution in [3.8, 4) is 0 Å². The molecule has 0 saturated carbocycles. The highest BCUT2D eigenvalue weighted by Crippen LogP contribution is 2.27. The number of carbonyl (C=O) groups excluding carboxylic acids is 1. The molecule has 0 aromatic carbocycles. The average Bonchev–Trinajstić information content (AvgIpc) is 2.39. The summed E-state index contributed by atoms with van der Waals surface area (Å²) in [4.78, 5) is 14.2. The van der Waals surface area contributed by atoms with Crippen LogP contribution in [0.3, 0.4) is 0 Å². The van der Waals surface area contributed by atoms with Crippen LogP contribution in [-0.4, -0.2) is 53.5 Å². The van der Waals surface area contributed by atoms with Crippen molar-refractivity contribution >= 4 is 29.3 Å². The number of alkyl halides is 1. The minimum Gasteiger partial charge on any atom is -0.373 e. The molecule has 0 aromatic heterocycles. The summed E-state index contributed by atoms with van der Waals surface area (Å²) >= 11 is 7.58. The standard InChI is InChI=1S/C11H18ClNO2S/c12-7-9-8-13(4-5-15-9)11(14)10-3-1-2-6-16-10/h9-10H,1-8H2. The second-order valence-corrected chi connectivity index (χ2v) is 5.91. The van der Waals surface area contributed by atoms with Crippen molar-refractivity contribution in [2.45, 2.75) is 30.6 Å². The van der Waals surface area contributed by atoms with Gasteiger partial charge in [0.1, 0.15) is 0 Å². The highest BCUT2D eigenvalue weighted by molar-refractivity contribution is 8.00. The second kappa shape index (κ2) is 6.12. The van der Waals surface area contributed by atoms with E-state index in [0.29, 0.717) is 24.9 Å². The van der Waals surface area contributed by atoms with Gasteiger partial charge in [-0.05, 0) is 18.6 Å². The molecule has 0 aliphatic carbocycles. The zero-order chi connectivity index (χ0) is 11.4. The molecule has 2 saturated heterocycles. The van der Waals surface area contributed by atoms with E-state index in [2.05, 4.69) is 0 Å². The Labute approximate surface area is 106 Å². The molecule has 2 fully saturated rings. The van der Waals surface area contributed by atoms with E-state index in [9.17, 15) is 4.79 Å². The third kappa shape index (κ3) is 3.05. The van der Waals surface area contributed by atoms with E-state index >= 15 is 0 Å². The third-order valence-corrected chi connectivity index (χ3v) is 4.79. The van der Waals surface area contributed by atoms with E-state index in [4.69, 9.17) is 16.3 Å². The zero-order valence-electron chi connectivity index (χ0n) is 9.36. The van der Waals surface area contributed by atoms with Gasteiger partial charge in [0, 0.05) is 13.1 Å². The molecule has 1 amide bonds. The Morgan fingerprint density at radius 1 is 1.50 bits per heavy atom. The van der Waals surface area contributed by atoms with Gasteiger partial charge in [-0.2, -0.15) is 0 Å². The van der Waals surface area contributed by atoms with Crippen LogP contribution in [0.2, 0.25) is 0 Å². The molecule has 2 unspecified atom stereocenters. The van der Waals surface area contributed by atoms with Gasteiger partial charge in [0.05, 0.1) is 23.8 Å². The minimum absolute atomic E-state index is 0.0213. The van der Waals surface area contributed by atoms with Gasteiger partial charge in [-0.3, -0.25) is 4.79 Å². The van der Waals surface area contributed by atoms with Crippen LogP contribution in [0.1, 0.15) is 19.3 Å². The van der Waals surface area contributed by atoms with Crippen molar-refractivity contribution in [1.29, 1.82) is 0 Å². The highest BCUT2D eigenvalue weighted by Gasteiger charge is 2.30. The van der Waals surface area contributed by atoms with Crippen LogP contribution in [0.25, 0.3) is 0 Å². The number of nitrogens with zero attached hydrogens (tertiary/aromatic N) is 1. The molecule has 3 nitrogen and oxygen atoms in total. The predicted octanol–water partition coefficient (Wildman–Crippen LogP) is 1.74. The summed E-state index contributed by atoms with van der Waals surface area (Å²) in [5.74, 6) is 1.89. The molecule has 2 aliphatic rings. The van der Waals surface area contributed by atoms with Crippen molar-refractivity contribution in [1.82, 2.24) is 4.90 Å². The Hall–Kier alpha value is 0.0700.